The predicted molar refractivity (Wildman–Crippen MR) is 113 cm³/mol. The number of aryl methyl sites for hydroxylation is 2. The fourth-order valence-electron chi connectivity index (χ4n) is 3.37. The minimum absolute atomic E-state index is 0.109. The number of benzene rings is 1. The molecule has 0 fully saturated rings. The minimum atomic E-state index is -0.221. The quantitative estimate of drug-likeness (QED) is 0.565. The molecule has 7 heteroatoms. The lowest BCUT2D eigenvalue weighted by molar-refractivity contribution is 0.297. The number of hydrogen-bond acceptors (Lipinski definition) is 3. The van der Waals surface area contributed by atoms with Crippen LogP contribution in [0.1, 0.15) is 35.5 Å². The van der Waals surface area contributed by atoms with Crippen LogP contribution in [0.5, 0.6) is 0 Å². The molecule has 0 bridgehead atoms. The van der Waals surface area contributed by atoms with E-state index in [2.05, 4.69) is 39.5 Å². The van der Waals surface area contributed by atoms with E-state index in [-0.39, 0.29) is 17.9 Å². The van der Waals surface area contributed by atoms with Crippen molar-refractivity contribution in [3.8, 4) is 0 Å². The Kier molecular flexibility index (Phi) is 7.57. The number of hydrogen-bond donors (Lipinski definition) is 2. The lowest BCUT2D eigenvalue weighted by Crippen LogP contribution is -2.45. The second-order valence-corrected chi connectivity index (χ2v) is 7.51. The first-order valence-electron chi connectivity index (χ1n) is 9.61. The Hall–Kier alpha value is -2.41. The van der Waals surface area contributed by atoms with E-state index in [0.29, 0.717) is 6.54 Å². The van der Waals surface area contributed by atoms with E-state index in [1.165, 1.54) is 23.4 Å². The van der Waals surface area contributed by atoms with Gasteiger partial charge in [0.05, 0.1) is 11.7 Å². The SMILES string of the molecule is CN=C(NCC(c1ccc(F)cc1)N(C)C)NC(C)Cc1c(C)nn(C)c1C. The number of rotatable bonds is 7. The molecule has 28 heavy (non-hydrogen) atoms. The van der Waals surface area contributed by atoms with E-state index in [1.54, 1.807) is 7.05 Å². The van der Waals surface area contributed by atoms with Crippen LogP contribution in [-0.2, 0) is 13.5 Å². The number of likely N-dealkylation sites (N-methyl/N-ethyl adjacent to an activating group) is 1. The van der Waals surface area contributed by atoms with Gasteiger partial charge in [0, 0.05) is 32.4 Å². The fraction of sp³-hybridized carbons (Fsp3) is 0.524. The summed E-state index contributed by atoms with van der Waals surface area (Å²) in [7, 11) is 7.78. The average Bonchev–Trinajstić information content (AvgIpc) is 2.88. The molecule has 1 aromatic carbocycles. The molecule has 2 atom stereocenters. The summed E-state index contributed by atoms with van der Waals surface area (Å²) in [6, 6.07) is 6.97. The van der Waals surface area contributed by atoms with Crippen molar-refractivity contribution >= 4 is 5.96 Å². The van der Waals surface area contributed by atoms with Crippen molar-refractivity contribution in [2.75, 3.05) is 27.7 Å². The van der Waals surface area contributed by atoms with Gasteiger partial charge in [-0.3, -0.25) is 9.67 Å². The maximum absolute atomic E-state index is 13.2. The van der Waals surface area contributed by atoms with Crippen LogP contribution in [-0.4, -0.2) is 54.4 Å². The molecule has 6 nitrogen and oxygen atoms in total. The zero-order valence-electron chi connectivity index (χ0n) is 18.0. The molecule has 1 heterocycles. The largest absolute Gasteiger partial charge is 0.354 e. The van der Waals surface area contributed by atoms with Gasteiger partial charge in [-0.15, -0.1) is 0 Å². The van der Waals surface area contributed by atoms with E-state index in [0.717, 1.165) is 23.6 Å². The van der Waals surface area contributed by atoms with Crippen LogP contribution in [0.2, 0.25) is 0 Å². The van der Waals surface area contributed by atoms with Gasteiger partial charge in [-0.1, -0.05) is 12.1 Å². The van der Waals surface area contributed by atoms with Gasteiger partial charge in [-0.05, 0) is 64.5 Å². The third kappa shape index (κ3) is 5.55. The van der Waals surface area contributed by atoms with E-state index in [1.807, 2.05) is 44.9 Å². The van der Waals surface area contributed by atoms with Gasteiger partial charge in [-0.25, -0.2) is 4.39 Å². The number of halogens is 1. The van der Waals surface area contributed by atoms with Crippen LogP contribution in [0.15, 0.2) is 29.3 Å². The molecule has 0 saturated heterocycles. The molecule has 0 amide bonds. The predicted octanol–water partition coefficient (Wildman–Crippen LogP) is 2.57. The Morgan fingerprint density at radius 2 is 1.89 bits per heavy atom. The third-order valence-corrected chi connectivity index (χ3v) is 5.12. The summed E-state index contributed by atoms with van der Waals surface area (Å²) in [6.45, 7) is 6.95. The van der Waals surface area contributed by atoms with Crippen LogP contribution in [0, 0.1) is 19.7 Å². The summed E-state index contributed by atoms with van der Waals surface area (Å²) >= 11 is 0. The van der Waals surface area contributed by atoms with Crippen LogP contribution in [0.4, 0.5) is 4.39 Å². The third-order valence-electron chi connectivity index (χ3n) is 5.12. The molecule has 0 saturated carbocycles. The molecule has 154 valence electrons. The number of aromatic nitrogens is 2. The summed E-state index contributed by atoms with van der Waals surface area (Å²) in [4.78, 5) is 6.46. The first-order chi connectivity index (χ1) is 13.2. The molecule has 2 rings (SSSR count). The summed E-state index contributed by atoms with van der Waals surface area (Å²) in [5, 5.41) is 11.3. The van der Waals surface area contributed by atoms with Gasteiger partial charge in [-0.2, -0.15) is 5.10 Å². The first kappa shape index (κ1) is 21.9. The number of aliphatic imine (C=N–C) groups is 1. The topological polar surface area (TPSA) is 57.5 Å². The molecule has 1 aromatic heterocycles. The van der Waals surface area contributed by atoms with E-state index < -0.39 is 0 Å². The maximum Gasteiger partial charge on any atom is 0.191 e. The Morgan fingerprint density at radius 1 is 1.25 bits per heavy atom. The maximum atomic E-state index is 13.2. The summed E-state index contributed by atoms with van der Waals surface area (Å²) in [6.07, 6.45) is 0.876. The summed E-state index contributed by atoms with van der Waals surface area (Å²) < 4.78 is 15.2. The molecule has 2 aromatic rings. The summed E-state index contributed by atoms with van der Waals surface area (Å²) in [5.41, 5.74) is 4.60. The van der Waals surface area contributed by atoms with E-state index in [4.69, 9.17) is 0 Å². The van der Waals surface area contributed by atoms with E-state index >= 15 is 0 Å². The smallest absolute Gasteiger partial charge is 0.191 e. The van der Waals surface area contributed by atoms with Crippen molar-refractivity contribution in [3.05, 3.63) is 52.6 Å². The highest BCUT2D eigenvalue weighted by atomic mass is 19.1. The number of nitrogens with zero attached hydrogens (tertiary/aromatic N) is 4. The van der Waals surface area contributed by atoms with Gasteiger partial charge < -0.3 is 15.5 Å². The Labute approximate surface area is 167 Å². The molecule has 0 aliphatic heterocycles. The lowest BCUT2D eigenvalue weighted by atomic mass is 10.1. The highest BCUT2D eigenvalue weighted by molar-refractivity contribution is 5.80. The van der Waals surface area contributed by atoms with E-state index in [9.17, 15) is 4.39 Å². The Balaban J connectivity index is 1.98. The average molecular weight is 389 g/mol. The molecule has 0 aliphatic rings. The Morgan fingerprint density at radius 3 is 2.39 bits per heavy atom. The number of nitrogens with one attached hydrogen (secondary N) is 2. The second kappa shape index (κ2) is 9.68. The summed E-state index contributed by atoms with van der Waals surface area (Å²) in [5.74, 6) is 0.530. The van der Waals surface area contributed by atoms with Gasteiger partial charge in [0.2, 0.25) is 0 Å². The minimum Gasteiger partial charge on any atom is -0.354 e. The van der Waals surface area contributed by atoms with Crippen molar-refractivity contribution in [2.24, 2.45) is 12.0 Å². The normalized spacial score (nSPS) is 14.2. The molecule has 0 spiro atoms. The second-order valence-electron chi connectivity index (χ2n) is 7.51. The first-order valence-corrected chi connectivity index (χ1v) is 9.61. The lowest BCUT2D eigenvalue weighted by Gasteiger charge is -2.27. The molecule has 0 radical (unpaired) electrons. The van der Waals surface area contributed by atoms with Gasteiger partial charge in [0.25, 0.3) is 0 Å². The van der Waals surface area contributed by atoms with Gasteiger partial charge >= 0.3 is 0 Å². The standard InChI is InChI=1S/C21H33FN6/c1-14(12-19-15(2)26-28(7)16(19)3)25-21(23-4)24-13-20(27(5)6)17-8-10-18(22)11-9-17/h8-11,14,20H,12-13H2,1-7H3,(H2,23,24,25). The zero-order valence-corrected chi connectivity index (χ0v) is 18.0. The molecular formula is C21H33FN6. The van der Waals surface area contributed by atoms with Crippen LogP contribution in [0.25, 0.3) is 0 Å². The van der Waals surface area contributed by atoms with Crippen LogP contribution in [0.3, 0.4) is 0 Å². The Bertz CT molecular complexity index is 794. The molecule has 0 aliphatic carbocycles. The monoisotopic (exact) mass is 388 g/mol. The van der Waals surface area contributed by atoms with Gasteiger partial charge in [0.1, 0.15) is 5.82 Å². The van der Waals surface area contributed by atoms with Crippen LogP contribution < -0.4 is 10.6 Å². The molecular weight excluding hydrogens is 355 g/mol. The highest BCUT2D eigenvalue weighted by Gasteiger charge is 2.17. The molecule has 2 N–H and O–H groups in total. The zero-order chi connectivity index (χ0) is 20.8. The van der Waals surface area contributed by atoms with Crippen molar-refractivity contribution in [1.29, 1.82) is 0 Å². The van der Waals surface area contributed by atoms with Crippen molar-refractivity contribution < 1.29 is 4.39 Å². The van der Waals surface area contributed by atoms with Crippen molar-refractivity contribution in [2.45, 2.75) is 39.3 Å². The van der Waals surface area contributed by atoms with Crippen molar-refractivity contribution in [1.82, 2.24) is 25.3 Å². The number of guanidine groups is 1. The van der Waals surface area contributed by atoms with Crippen LogP contribution >= 0.6 is 0 Å². The highest BCUT2D eigenvalue weighted by Crippen LogP contribution is 2.18. The molecule has 2 unspecified atom stereocenters. The van der Waals surface area contributed by atoms with Gasteiger partial charge in [0.15, 0.2) is 5.96 Å². The van der Waals surface area contributed by atoms with Crippen molar-refractivity contribution in [3.63, 3.8) is 0 Å². The fourth-order valence-corrected chi connectivity index (χ4v) is 3.37.